The van der Waals surface area contributed by atoms with Gasteiger partial charge in [0.05, 0.1) is 10.9 Å². The fourth-order valence-corrected chi connectivity index (χ4v) is 1.24. The number of nitrogens with zero attached hydrogens (tertiary/aromatic N) is 6. The summed E-state index contributed by atoms with van der Waals surface area (Å²) < 4.78 is 1.31. The molecule has 0 atom stereocenters. The van der Waals surface area contributed by atoms with E-state index in [4.69, 9.17) is 0 Å². The van der Waals surface area contributed by atoms with Crippen LogP contribution in [0.15, 0.2) is 24.3 Å². The van der Waals surface area contributed by atoms with Gasteiger partial charge in [0.1, 0.15) is 0 Å². The zero-order chi connectivity index (χ0) is 8.67. The van der Waals surface area contributed by atoms with Gasteiger partial charge in [-0.2, -0.15) is 0 Å². The molecule has 2 aromatic heterocycles. The van der Waals surface area contributed by atoms with Crippen molar-refractivity contribution in [3.05, 3.63) is 24.3 Å². The standard InChI is InChI=1S/C7H4N6/c1-2-4-6-5(3-1)7-9-10-12-13(7)11-8-6/h1-4H. The molecule has 0 unspecified atom stereocenters. The highest BCUT2D eigenvalue weighted by atomic mass is 15.6. The summed E-state index contributed by atoms with van der Waals surface area (Å²) in [5.41, 5.74) is 1.43. The molecule has 0 aliphatic heterocycles. The molecule has 1 aromatic carbocycles. The molecule has 13 heavy (non-hydrogen) atoms. The molecule has 0 fully saturated rings. The van der Waals surface area contributed by atoms with Crippen molar-refractivity contribution in [3.63, 3.8) is 0 Å². The fourth-order valence-electron chi connectivity index (χ4n) is 1.24. The summed E-state index contributed by atoms with van der Waals surface area (Å²) in [6.07, 6.45) is 0. The molecule has 0 radical (unpaired) electrons. The van der Waals surface area contributed by atoms with E-state index in [0.29, 0.717) is 5.65 Å². The first-order valence-electron chi connectivity index (χ1n) is 3.75. The van der Waals surface area contributed by atoms with Crippen LogP contribution < -0.4 is 0 Å². The van der Waals surface area contributed by atoms with E-state index in [1.54, 1.807) is 0 Å². The molecular formula is C7H4N6. The molecule has 62 valence electrons. The number of hydrogen-bond donors (Lipinski definition) is 0. The minimum absolute atomic E-state index is 0.630. The van der Waals surface area contributed by atoms with Crippen LogP contribution in [0.4, 0.5) is 0 Å². The topological polar surface area (TPSA) is 68.9 Å². The van der Waals surface area contributed by atoms with Gasteiger partial charge in [0.15, 0.2) is 0 Å². The molecule has 6 heteroatoms. The first-order valence-corrected chi connectivity index (χ1v) is 3.75. The highest BCUT2D eigenvalue weighted by Gasteiger charge is 2.03. The second kappa shape index (κ2) is 2.19. The minimum atomic E-state index is 0.630. The van der Waals surface area contributed by atoms with Crippen molar-refractivity contribution in [2.75, 3.05) is 0 Å². The number of rotatable bonds is 0. The Hall–Kier alpha value is -2.11. The van der Waals surface area contributed by atoms with Crippen LogP contribution in [0.25, 0.3) is 16.6 Å². The maximum absolute atomic E-state index is 3.95. The van der Waals surface area contributed by atoms with Gasteiger partial charge in [0, 0.05) is 0 Å². The Morgan fingerprint density at radius 3 is 2.92 bits per heavy atom. The molecule has 6 nitrogen and oxygen atoms in total. The predicted octanol–water partition coefficient (Wildman–Crippen LogP) is 0.0675. The van der Waals surface area contributed by atoms with Gasteiger partial charge in [-0.05, 0) is 27.8 Å². The van der Waals surface area contributed by atoms with Gasteiger partial charge in [-0.1, -0.05) is 16.8 Å². The second-order valence-corrected chi connectivity index (χ2v) is 2.60. The van der Waals surface area contributed by atoms with Crippen LogP contribution in [0.3, 0.4) is 0 Å². The van der Waals surface area contributed by atoms with Gasteiger partial charge in [-0.3, -0.25) is 0 Å². The SMILES string of the molecule is c1ccc2c(c1)nnn1nnnc21. The summed E-state index contributed by atoms with van der Waals surface area (Å²) in [6, 6.07) is 7.60. The average molecular weight is 172 g/mol. The third-order valence-corrected chi connectivity index (χ3v) is 1.84. The maximum Gasteiger partial charge on any atom is 0.211 e. The molecule has 0 aliphatic rings. The molecule has 3 aromatic rings. The lowest BCUT2D eigenvalue weighted by Crippen LogP contribution is -1.97. The molecule has 0 N–H and O–H groups in total. The number of aromatic nitrogens is 6. The van der Waals surface area contributed by atoms with E-state index >= 15 is 0 Å². The summed E-state index contributed by atoms with van der Waals surface area (Å²) in [5.74, 6) is 0. The lowest BCUT2D eigenvalue weighted by atomic mass is 10.2. The lowest BCUT2D eigenvalue weighted by Gasteiger charge is -1.93. The lowest BCUT2D eigenvalue weighted by molar-refractivity contribution is 0.688. The predicted molar refractivity (Wildman–Crippen MR) is 43.9 cm³/mol. The summed E-state index contributed by atoms with van der Waals surface area (Å²) in [6.45, 7) is 0. The van der Waals surface area contributed by atoms with Crippen LogP contribution in [-0.4, -0.2) is 30.5 Å². The van der Waals surface area contributed by atoms with E-state index in [-0.39, 0.29) is 0 Å². The molecule has 0 bridgehead atoms. The van der Waals surface area contributed by atoms with Gasteiger partial charge in [0.2, 0.25) is 5.65 Å². The van der Waals surface area contributed by atoms with E-state index in [2.05, 4.69) is 25.8 Å². The Morgan fingerprint density at radius 2 is 1.92 bits per heavy atom. The van der Waals surface area contributed by atoms with E-state index in [0.717, 1.165) is 10.9 Å². The summed E-state index contributed by atoms with van der Waals surface area (Å²) in [5, 5.41) is 19.7. The first kappa shape index (κ1) is 6.41. The van der Waals surface area contributed by atoms with Crippen molar-refractivity contribution in [2.24, 2.45) is 0 Å². The number of tetrazole rings is 1. The van der Waals surface area contributed by atoms with E-state index in [1.165, 1.54) is 4.63 Å². The van der Waals surface area contributed by atoms with Crippen molar-refractivity contribution in [2.45, 2.75) is 0 Å². The van der Waals surface area contributed by atoms with E-state index < -0.39 is 0 Å². The molecule has 0 spiro atoms. The van der Waals surface area contributed by atoms with E-state index in [9.17, 15) is 0 Å². The molecular weight excluding hydrogens is 168 g/mol. The van der Waals surface area contributed by atoms with Gasteiger partial charge in [-0.15, -0.1) is 10.2 Å². The Bertz CT molecular complexity index is 571. The van der Waals surface area contributed by atoms with E-state index in [1.807, 2.05) is 24.3 Å². The zero-order valence-corrected chi connectivity index (χ0v) is 6.49. The third-order valence-electron chi connectivity index (χ3n) is 1.84. The molecule has 2 heterocycles. The number of hydrogen-bond acceptors (Lipinski definition) is 5. The van der Waals surface area contributed by atoms with Crippen molar-refractivity contribution in [1.82, 2.24) is 30.5 Å². The molecule has 0 saturated heterocycles. The van der Waals surface area contributed by atoms with Gasteiger partial charge < -0.3 is 0 Å². The Kier molecular flexibility index (Phi) is 1.08. The average Bonchev–Trinajstić information content (AvgIpc) is 2.65. The molecule has 0 saturated carbocycles. The van der Waals surface area contributed by atoms with Crippen LogP contribution in [0.5, 0.6) is 0 Å². The first-order chi connectivity index (χ1) is 6.45. The van der Waals surface area contributed by atoms with Gasteiger partial charge in [-0.25, -0.2) is 0 Å². The van der Waals surface area contributed by atoms with Crippen LogP contribution in [0.1, 0.15) is 0 Å². The van der Waals surface area contributed by atoms with Gasteiger partial charge >= 0.3 is 0 Å². The third kappa shape index (κ3) is 0.792. The molecule has 3 rings (SSSR count). The monoisotopic (exact) mass is 172 g/mol. The fraction of sp³-hybridized carbons (Fsp3) is 0. The normalized spacial score (nSPS) is 11.1. The second-order valence-electron chi connectivity index (χ2n) is 2.60. The minimum Gasteiger partial charge on any atom is -0.130 e. The summed E-state index contributed by atoms with van der Waals surface area (Å²) in [7, 11) is 0. The highest BCUT2D eigenvalue weighted by Crippen LogP contribution is 2.12. The number of fused-ring (bicyclic) bond motifs is 3. The maximum atomic E-state index is 3.95. The van der Waals surface area contributed by atoms with Crippen molar-refractivity contribution in [3.8, 4) is 0 Å². The highest BCUT2D eigenvalue weighted by molar-refractivity contribution is 5.89. The van der Waals surface area contributed by atoms with Crippen LogP contribution in [0, 0.1) is 0 Å². The Balaban J connectivity index is 2.65. The quantitative estimate of drug-likeness (QED) is 0.480. The number of benzene rings is 1. The Morgan fingerprint density at radius 1 is 1.00 bits per heavy atom. The van der Waals surface area contributed by atoms with Gasteiger partial charge in [0.25, 0.3) is 0 Å². The molecule has 0 amide bonds. The zero-order valence-electron chi connectivity index (χ0n) is 6.49. The van der Waals surface area contributed by atoms with Crippen LogP contribution in [-0.2, 0) is 0 Å². The summed E-state index contributed by atoms with van der Waals surface area (Å²) >= 11 is 0. The summed E-state index contributed by atoms with van der Waals surface area (Å²) in [4.78, 5) is 0. The smallest absolute Gasteiger partial charge is 0.130 e. The van der Waals surface area contributed by atoms with Crippen LogP contribution in [0.2, 0.25) is 0 Å². The van der Waals surface area contributed by atoms with Crippen LogP contribution >= 0.6 is 0 Å². The molecule has 0 aliphatic carbocycles. The largest absolute Gasteiger partial charge is 0.211 e. The van der Waals surface area contributed by atoms with Crippen molar-refractivity contribution < 1.29 is 0 Å². The van der Waals surface area contributed by atoms with Crippen molar-refractivity contribution in [1.29, 1.82) is 0 Å². The Labute approximate surface area is 72.2 Å². The van der Waals surface area contributed by atoms with Crippen molar-refractivity contribution >= 4 is 16.6 Å².